The summed E-state index contributed by atoms with van der Waals surface area (Å²) < 4.78 is 20.4. The van der Waals surface area contributed by atoms with Crippen LogP contribution in [0.1, 0.15) is 53.4 Å². The summed E-state index contributed by atoms with van der Waals surface area (Å²) >= 11 is 0. The van der Waals surface area contributed by atoms with E-state index in [0.717, 1.165) is 52.4 Å². The standard InChI is InChI=1S/C29H27FN2O3/c1-35-25-16-18(11-15-26(33)34)10-13-22(25)28(21-12-14-24-23(17-21)29(30)32-31-24)27(20-8-5-9-20)19-6-3-2-4-7-19/h2-4,6-7,10-17,20,29,31-32H,5,8-9H2,1H3,(H,33,34)/b15-11+,28-27+. The van der Waals surface area contributed by atoms with E-state index in [2.05, 4.69) is 23.0 Å². The molecule has 5 rings (SSSR count). The predicted octanol–water partition coefficient (Wildman–Crippen LogP) is 6.45. The van der Waals surface area contributed by atoms with Gasteiger partial charge in [0.2, 0.25) is 0 Å². The van der Waals surface area contributed by atoms with Crippen LogP contribution in [0.2, 0.25) is 0 Å². The zero-order valence-corrected chi connectivity index (χ0v) is 19.4. The molecule has 2 aliphatic rings. The summed E-state index contributed by atoms with van der Waals surface area (Å²) in [5.41, 5.74) is 12.7. The molecule has 35 heavy (non-hydrogen) atoms. The highest BCUT2D eigenvalue weighted by atomic mass is 19.1. The van der Waals surface area contributed by atoms with Crippen LogP contribution in [0.25, 0.3) is 17.2 Å². The quantitative estimate of drug-likeness (QED) is 0.210. The number of hydrogen-bond donors (Lipinski definition) is 3. The fraction of sp³-hybridized carbons (Fsp3) is 0.207. The van der Waals surface area contributed by atoms with Gasteiger partial charge in [-0.15, -0.1) is 0 Å². The van der Waals surface area contributed by atoms with Crippen LogP contribution in [-0.2, 0) is 4.79 Å². The lowest BCUT2D eigenvalue weighted by atomic mass is 9.73. The van der Waals surface area contributed by atoms with Crippen molar-refractivity contribution < 1.29 is 19.0 Å². The molecule has 1 unspecified atom stereocenters. The SMILES string of the molecule is COc1cc(/C=C/C(=O)O)ccc1/C(=C(\c1ccccc1)C1CCC1)c1ccc2c(c1)C(F)NN2. The molecule has 0 radical (unpaired) electrons. The highest BCUT2D eigenvalue weighted by molar-refractivity contribution is 6.01. The van der Waals surface area contributed by atoms with Crippen molar-refractivity contribution in [2.75, 3.05) is 12.5 Å². The van der Waals surface area contributed by atoms with Crippen LogP contribution in [0.3, 0.4) is 0 Å². The molecule has 1 aliphatic carbocycles. The molecule has 1 fully saturated rings. The summed E-state index contributed by atoms with van der Waals surface area (Å²) in [6, 6.07) is 21.8. The molecule has 3 aromatic carbocycles. The monoisotopic (exact) mass is 470 g/mol. The summed E-state index contributed by atoms with van der Waals surface area (Å²) in [5.74, 6) is 0.00863. The van der Waals surface area contributed by atoms with Crippen LogP contribution in [0, 0.1) is 5.92 Å². The molecule has 5 nitrogen and oxygen atoms in total. The van der Waals surface area contributed by atoms with Gasteiger partial charge in [-0.05, 0) is 70.9 Å². The minimum absolute atomic E-state index is 0.384. The number of halogens is 1. The van der Waals surface area contributed by atoms with Gasteiger partial charge in [-0.25, -0.2) is 14.6 Å². The number of rotatable bonds is 7. The first-order chi connectivity index (χ1) is 17.0. The van der Waals surface area contributed by atoms with Crippen molar-refractivity contribution in [3.05, 3.63) is 101 Å². The molecule has 6 heteroatoms. The molecule has 0 spiro atoms. The van der Waals surface area contributed by atoms with Crippen LogP contribution >= 0.6 is 0 Å². The third-order valence-corrected chi connectivity index (χ3v) is 6.73. The first kappa shape index (κ1) is 22.9. The maximum Gasteiger partial charge on any atom is 0.328 e. The van der Waals surface area contributed by atoms with Gasteiger partial charge in [0.15, 0.2) is 6.30 Å². The predicted molar refractivity (Wildman–Crippen MR) is 136 cm³/mol. The number of hydrogen-bond acceptors (Lipinski definition) is 4. The molecule has 3 N–H and O–H groups in total. The molecule has 178 valence electrons. The average Bonchev–Trinajstić information content (AvgIpc) is 3.22. The van der Waals surface area contributed by atoms with Crippen molar-refractivity contribution in [2.45, 2.75) is 25.6 Å². The van der Waals surface area contributed by atoms with Gasteiger partial charge >= 0.3 is 5.97 Å². The van der Waals surface area contributed by atoms with Crippen molar-refractivity contribution in [1.29, 1.82) is 0 Å². The highest BCUT2D eigenvalue weighted by Gasteiger charge is 2.29. The number of allylic oxidation sites excluding steroid dienone is 1. The summed E-state index contributed by atoms with van der Waals surface area (Å²) in [6.07, 6.45) is 4.72. The van der Waals surface area contributed by atoms with E-state index >= 15 is 0 Å². The Balaban J connectivity index is 1.76. The van der Waals surface area contributed by atoms with Crippen LogP contribution in [0.15, 0.2) is 72.8 Å². The second-order valence-corrected chi connectivity index (χ2v) is 8.85. The van der Waals surface area contributed by atoms with Crippen LogP contribution in [0.4, 0.5) is 10.1 Å². The third-order valence-electron chi connectivity index (χ3n) is 6.73. The zero-order chi connectivity index (χ0) is 24.4. The number of nitrogens with one attached hydrogen (secondary N) is 2. The van der Waals surface area contributed by atoms with Crippen molar-refractivity contribution in [3.63, 3.8) is 0 Å². The van der Waals surface area contributed by atoms with Gasteiger partial charge in [-0.2, -0.15) is 0 Å². The Labute approximate surface area is 203 Å². The van der Waals surface area contributed by atoms with E-state index in [4.69, 9.17) is 9.84 Å². The Morgan fingerprint density at radius 3 is 2.54 bits per heavy atom. The Bertz CT molecular complexity index is 1310. The minimum Gasteiger partial charge on any atom is -0.496 e. The van der Waals surface area contributed by atoms with Crippen molar-refractivity contribution in [3.8, 4) is 5.75 Å². The molecular formula is C29H27FN2O3. The van der Waals surface area contributed by atoms with E-state index in [1.54, 1.807) is 13.2 Å². The smallest absolute Gasteiger partial charge is 0.328 e. The number of fused-ring (bicyclic) bond motifs is 1. The number of anilines is 1. The topological polar surface area (TPSA) is 70.6 Å². The van der Waals surface area contributed by atoms with E-state index in [1.807, 2.05) is 54.6 Å². The van der Waals surface area contributed by atoms with Gasteiger partial charge in [-0.1, -0.05) is 55.0 Å². The number of ether oxygens (including phenoxy) is 1. The molecule has 0 bridgehead atoms. The van der Waals surface area contributed by atoms with Gasteiger partial charge in [0.05, 0.1) is 12.8 Å². The number of alkyl halides is 1. The summed E-state index contributed by atoms with van der Waals surface area (Å²) in [6.45, 7) is 0. The van der Waals surface area contributed by atoms with E-state index in [9.17, 15) is 9.18 Å². The lowest BCUT2D eigenvalue weighted by Gasteiger charge is -2.32. The lowest BCUT2D eigenvalue weighted by Crippen LogP contribution is -2.15. The van der Waals surface area contributed by atoms with Gasteiger partial charge in [0, 0.05) is 17.2 Å². The minimum atomic E-state index is -1.29. The molecule has 1 aliphatic heterocycles. The maximum absolute atomic E-state index is 14.6. The number of benzene rings is 3. The maximum atomic E-state index is 14.6. The summed E-state index contributed by atoms with van der Waals surface area (Å²) in [4.78, 5) is 11.0. The molecule has 3 aromatic rings. The van der Waals surface area contributed by atoms with E-state index in [-0.39, 0.29) is 0 Å². The lowest BCUT2D eigenvalue weighted by molar-refractivity contribution is -0.131. The number of methoxy groups -OCH3 is 1. The fourth-order valence-corrected chi connectivity index (χ4v) is 4.80. The molecule has 0 saturated heterocycles. The fourth-order valence-electron chi connectivity index (χ4n) is 4.80. The van der Waals surface area contributed by atoms with Gasteiger partial charge < -0.3 is 15.3 Å². The molecular weight excluding hydrogens is 443 g/mol. The Hall–Kier alpha value is -3.90. The molecule has 1 heterocycles. The number of carboxylic acids is 1. The highest BCUT2D eigenvalue weighted by Crippen LogP contribution is 2.47. The average molecular weight is 471 g/mol. The zero-order valence-electron chi connectivity index (χ0n) is 19.4. The number of carbonyl (C=O) groups is 1. The van der Waals surface area contributed by atoms with Gasteiger partial charge in [0.1, 0.15) is 5.75 Å². The summed E-state index contributed by atoms with van der Waals surface area (Å²) in [7, 11) is 1.61. The second kappa shape index (κ2) is 9.76. The Morgan fingerprint density at radius 2 is 1.86 bits per heavy atom. The molecule has 0 amide bonds. The van der Waals surface area contributed by atoms with E-state index in [0.29, 0.717) is 17.2 Å². The summed E-state index contributed by atoms with van der Waals surface area (Å²) in [5, 5.41) is 9.02. The first-order valence-electron chi connectivity index (χ1n) is 11.7. The van der Waals surface area contributed by atoms with E-state index < -0.39 is 12.3 Å². The molecule has 1 saturated carbocycles. The van der Waals surface area contributed by atoms with Gasteiger partial charge in [0.25, 0.3) is 0 Å². The molecule has 1 atom stereocenters. The van der Waals surface area contributed by atoms with Crippen LogP contribution in [-0.4, -0.2) is 18.2 Å². The second-order valence-electron chi connectivity index (χ2n) is 8.85. The number of hydrazine groups is 1. The van der Waals surface area contributed by atoms with Crippen LogP contribution < -0.4 is 15.6 Å². The van der Waals surface area contributed by atoms with Crippen molar-refractivity contribution in [2.24, 2.45) is 5.92 Å². The normalized spacial score (nSPS) is 17.9. The third kappa shape index (κ3) is 4.57. The number of aliphatic carboxylic acids is 1. The Kier molecular flexibility index (Phi) is 6.38. The Morgan fingerprint density at radius 1 is 1.06 bits per heavy atom. The van der Waals surface area contributed by atoms with Crippen molar-refractivity contribution in [1.82, 2.24) is 5.43 Å². The van der Waals surface area contributed by atoms with Gasteiger partial charge in [-0.3, -0.25) is 0 Å². The number of carboxylic acid groups (broad SMARTS) is 1. The molecule has 0 aromatic heterocycles. The van der Waals surface area contributed by atoms with Crippen molar-refractivity contribution >= 4 is 28.9 Å². The van der Waals surface area contributed by atoms with Crippen LogP contribution in [0.5, 0.6) is 5.75 Å². The first-order valence-corrected chi connectivity index (χ1v) is 11.7. The largest absolute Gasteiger partial charge is 0.496 e. The van der Waals surface area contributed by atoms with E-state index in [1.165, 1.54) is 12.0 Å².